The first-order valence-electron chi connectivity index (χ1n) is 9.51. The maximum absolute atomic E-state index is 12.4. The van der Waals surface area contributed by atoms with E-state index in [1.807, 2.05) is 36.6 Å². The molecule has 0 aliphatic carbocycles. The van der Waals surface area contributed by atoms with Gasteiger partial charge in [0.2, 0.25) is 5.91 Å². The largest absolute Gasteiger partial charge is 0.349 e. The van der Waals surface area contributed by atoms with Crippen molar-refractivity contribution in [2.45, 2.75) is 44.9 Å². The van der Waals surface area contributed by atoms with Gasteiger partial charge in [0.05, 0.1) is 18.3 Å². The van der Waals surface area contributed by atoms with Crippen molar-refractivity contribution in [2.75, 3.05) is 5.75 Å². The van der Waals surface area contributed by atoms with Crippen LogP contribution in [0.25, 0.3) is 0 Å². The molecule has 28 heavy (non-hydrogen) atoms. The summed E-state index contributed by atoms with van der Waals surface area (Å²) in [7, 11) is 0. The third kappa shape index (κ3) is 5.23. The van der Waals surface area contributed by atoms with Crippen LogP contribution in [0, 0.1) is 6.92 Å². The minimum Gasteiger partial charge on any atom is -0.349 e. The van der Waals surface area contributed by atoms with Crippen LogP contribution in [0.15, 0.2) is 59.8 Å². The van der Waals surface area contributed by atoms with Crippen molar-refractivity contribution in [1.29, 1.82) is 0 Å². The van der Waals surface area contributed by atoms with E-state index in [4.69, 9.17) is 0 Å². The van der Waals surface area contributed by atoms with Crippen molar-refractivity contribution in [3.05, 3.63) is 77.1 Å². The highest BCUT2D eigenvalue weighted by molar-refractivity contribution is 7.99. The zero-order chi connectivity index (χ0) is 19.9. The third-order valence-corrected chi connectivity index (χ3v) is 5.65. The van der Waals surface area contributed by atoms with E-state index in [0.717, 1.165) is 23.0 Å². The topological polar surface area (TPSA) is 59.8 Å². The number of amides is 1. The van der Waals surface area contributed by atoms with Crippen LogP contribution in [0.3, 0.4) is 0 Å². The predicted molar refractivity (Wildman–Crippen MR) is 113 cm³/mol. The molecular weight excluding hydrogens is 368 g/mol. The molecular formula is C22H26N4OS. The number of nitrogens with zero attached hydrogens (tertiary/aromatic N) is 3. The van der Waals surface area contributed by atoms with Gasteiger partial charge in [0, 0.05) is 0 Å². The summed E-state index contributed by atoms with van der Waals surface area (Å²) in [4.78, 5) is 12.4. The number of thioether (sulfide) groups is 1. The molecule has 0 aliphatic rings. The zero-order valence-electron chi connectivity index (χ0n) is 16.6. The van der Waals surface area contributed by atoms with Gasteiger partial charge in [-0.2, -0.15) is 0 Å². The van der Waals surface area contributed by atoms with E-state index >= 15 is 0 Å². The minimum atomic E-state index is -0.0251. The van der Waals surface area contributed by atoms with Gasteiger partial charge in [-0.15, -0.1) is 10.2 Å². The lowest BCUT2D eigenvalue weighted by molar-refractivity contribution is -0.119. The Bertz CT molecular complexity index is 906. The molecule has 0 spiro atoms. The summed E-state index contributed by atoms with van der Waals surface area (Å²) in [6.07, 6.45) is 1.01. The fourth-order valence-electron chi connectivity index (χ4n) is 2.95. The highest BCUT2D eigenvalue weighted by Gasteiger charge is 2.14. The second kappa shape index (κ2) is 9.55. The molecule has 1 N–H and O–H groups in total. The molecule has 1 atom stereocenters. The third-order valence-electron chi connectivity index (χ3n) is 4.68. The SMILES string of the molecule is CCc1ccc(C(C)NC(=O)CSc2nnc(C)n2Cc2ccccc2)cc1. The number of aromatic nitrogens is 3. The summed E-state index contributed by atoms with van der Waals surface area (Å²) in [5.41, 5.74) is 3.59. The van der Waals surface area contributed by atoms with E-state index in [0.29, 0.717) is 12.3 Å². The molecule has 3 aromatic rings. The lowest BCUT2D eigenvalue weighted by atomic mass is 10.1. The Labute approximate surface area is 170 Å². The number of aryl methyl sites for hydroxylation is 2. The number of benzene rings is 2. The van der Waals surface area contributed by atoms with Crippen LogP contribution >= 0.6 is 11.8 Å². The van der Waals surface area contributed by atoms with E-state index in [2.05, 4.69) is 58.8 Å². The van der Waals surface area contributed by atoms with Gasteiger partial charge in [0.15, 0.2) is 5.16 Å². The fourth-order valence-corrected chi connectivity index (χ4v) is 3.75. The Balaban J connectivity index is 1.57. The standard InChI is InChI=1S/C22H26N4OS/c1-4-18-10-12-20(13-11-18)16(2)23-21(27)15-28-22-25-24-17(3)26(22)14-19-8-6-5-7-9-19/h5-13,16H,4,14-15H2,1-3H3,(H,23,27). The molecule has 3 rings (SSSR count). The van der Waals surface area contributed by atoms with Crippen LogP contribution < -0.4 is 5.32 Å². The number of nitrogens with one attached hydrogen (secondary N) is 1. The van der Waals surface area contributed by atoms with Crippen molar-refractivity contribution in [3.63, 3.8) is 0 Å². The van der Waals surface area contributed by atoms with E-state index in [9.17, 15) is 4.79 Å². The van der Waals surface area contributed by atoms with Crippen molar-refractivity contribution in [1.82, 2.24) is 20.1 Å². The summed E-state index contributed by atoms with van der Waals surface area (Å²) in [6.45, 7) is 6.77. The van der Waals surface area contributed by atoms with Crippen molar-refractivity contribution in [2.24, 2.45) is 0 Å². The van der Waals surface area contributed by atoms with Crippen LogP contribution in [0.5, 0.6) is 0 Å². The van der Waals surface area contributed by atoms with Gasteiger partial charge in [-0.1, -0.05) is 73.3 Å². The Kier molecular flexibility index (Phi) is 6.87. The zero-order valence-corrected chi connectivity index (χ0v) is 17.4. The molecule has 0 radical (unpaired) electrons. The summed E-state index contributed by atoms with van der Waals surface area (Å²) in [5, 5.41) is 12.2. The van der Waals surface area contributed by atoms with Crippen LogP contribution in [0.4, 0.5) is 0 Å². The van der Waals surface area contributed by atoms with E-state index < -0.39 is 0 Å². The smallest absolute Gasteiger partial charge is 0.230 e. The molecule has 0 saturated carbocycles. The molecule has 146 valence electrons. The lowest BCUT2D eigenvalue weighted by Gasteiger charge is -2.15. The van der Waals surface area contributed by atoms with Crippen molar-refractivity contribution in [3.8, 4) is 0 Å². The van der Waals surface area contributed by atoms with Crippen LogP contribution in [0.1, 0.15) is 42.4 Å². The van der Waals surface area contributed by atoms with Gasteiger partial charge in [0.1, 0.15) is 5.82 Å². The molecule has 1 aromatic heterocycles. The Morgan fingerprint density at radius 1 is 1.07 bits per heavy atom. The van der Waals surface area contributed by atoms with E-state index in [1.54, 1.807) is 0 Å². The summed E-state index contributed by atoms with van der Waals surface area (Å²) < 4.78 is 2.04. The maximum Gasteiger partial charge on any atom is 0.230 e. The first-order valence-corrected chi connectivity index (χ1v) is 10.5. The summed E-state index contributed by atoms with van der Waals surface area (Å²) in [6, 6.07) is 18.5. The number of rotatable bonds is 8. The fraction of sp³-hybridized carbons (Fsp3) is 0.318. The normalized spacial score (nSPS) is 12.0. The first kappa shape index (κ1) is 20.1. The van der Waals surface area contributed by atoms with Gasteiger partial charge >= 0.3 is 0 Å². The molecule has 1 unspecified atom stereocenters. The lowest BCUT2D eigenvalue weighted by Crippen LogP contribution is -2.28. The second-order valence-electron chi connectivity index (χ2n) is 6.77. The number of hydrogen-bond acceptors (Lipinski definition) is 4. The molecule has 0 aliphatic heterocycles. The maximum atomic E-state index is 12.4. The monoisotopic (exact) mass is 394 g/mol. The van der Waals surface area contributed by atoms with E-state index in [-0.39, 0.29) is 11.9 Å². The highest BCUT2D eigenvalue weighted by atomic mass is 32.2. The number of hydrogen-bond donors (Lipinski definition) is 1. The Morgan fingerprint density at radius 2 is 1.79 bits per heavy atom. The molecule has 0 fully saturated rings. The van der Waals surface area contributed by atoms with Gasteiger partial charge < -0.3 is 9.88 Å². The van der Waals surface area contributed by atoms with Gasteiger partial charge in [0.25, 0.3) is 0 Å². The Hall–Kier alpha value is -2.60. The molecule has 1 heterocycles. The predicted octanol–water partition coefficient (Wildman–Crippen LogP) is 4.17. The van der Waals surface area contributed by atoms with E-state index in [1.165, 1.54) is 22.9 Å². The molecule has 5 nitrogen and oxygen atoms in total. The quantitative estimate of drug-likeness (QED) is 0.583. The van der Waals surface area contributed by atoms with Crippen LogP contribution in [-0.2, 0) is 17.8 Å². The second-order valence-corrected chi connectivity index (χ2v) is 7.72. The Morgan fingerprint density at radius 3 is 2.46 bits per heavy atom. The van der Waals surface area contributed by atoms with Crippen molar-refractivity contribution >= 4 is 17.7 Å². The van der Waals surface area contributed by atoms with Gasteiger partial charge in [-0.3, -0.25) is 4.79 Å². The molecule has 0 saturated heterocycles. The summed E-state index contributed by atoms with van der Waals surface area (Å²) >= 11 is 1.42. The number of carbonyl (C=O) groups excluding carboxylic acids is 1. The van der Waals surface area contributed by atoms with Gasteiger partial charge in [-0.25, -0.2) is 0 Å². The average Bonchev–Trinajstić information content (AvgIpc) is 3.06. The van der Waals surface area contributed by atoms with Crippen molar-refractivity contribution < 1.29 is 4.79 Å². The van der Waals surface area contributed by atoms with Crippen LogP contribution in [-0.4, -0.2) is 26.4 Å². The van der Waals surface area contributed by atoms with Crippen LogP contribution in [0.2, 0.25) is 0 Å². The number of carbonyl (C=O) groups is 1. The molecule has 6 heteroatoms. The highest BCUT2D eigenvalue weighted by Crippen LogP contribution is 2.19. The van der Waals surface area contributed by atoms with Gasteiger partial charge in [-0.05, 0) is 37.0 Å². The minimum absolute atomic E-state index is 0.0102. The first-order chi connectivity index (χ1) is 13.6. The summed E-state index contributed by atoms with van der Waals surface area (Å²) in [5.74, 6) is 1.14. The molecule has 2 aromatic carbocycles. The molecule has 0 bridgehead atoms. The molecule has 1 amide bonds. The average molecular weight is 395 g/mol.